The van der Waals surface area contributed by atoms with Crippen LogP contribution in [0.2, 0.25) is 0 Å². The molecule has 16 heteroatoms. The van der Waals surface area contributed by atoms with E-state index in [0.29, 0.717) is 22.3 Å². The summed E-state index contributed by atoms with van der Waals surface area (Å²) in [5.41, 5.74) is 0.831. The van der Waals surface area contributed by atoms with E-state index >= 15 is 0 Å². The number of hydrogen-bond donors (Lipinski definition) is 4. The maximum atomic E-state index is 11.9. The monoisotopic (exact) mass is 562 g/mol. The number of thioether (sulfide) groups is 1. The Balaban J connectivity index is 1.65. The van der Waals surface area contributed by atoms with E-state index in [1.807, 2.05) is 6.92 Å². The molecule has 4 N–H and O–H groups in total. The second kappa shape index (κ2) is 10.3. The molecule has 192 valence electrons. The molecule has 0 unspecified atom stereocenters. The summed E-state index contributed by atoms with van der Waals surface area (Å²) in [6.45, 7) is 1.92. The first-order chi connectivity index (χ1) is 17.4. The van der Waals surface area contributed by atoms with Gasteiger partial charge < -0.3 is 10.4 Å². The summed E-state index contributed by atoms with van der Waals surface area (Å²) in [5.74, 6) is 0.851. The highest BCUT2D eigenvalue weighted by Crippen LogP contribution is 2.34. The van der Waals surface area contributed by atoms with E-state index in [4.69, 9.17) is 0 Å². The lowest BCUT2D eigenvalue weighted by Crippen LogP contribution is -2.03. The number of rotatable bonds is 8. The molecule has 4 aromatic rings. The zero-order chi connectivity index (χ0) is 26.8. The van der Waals surface area contributed by atoms with Gasteiger partial charge in [0.2, 0.25) is 5.95 Å². The molecule has 1 heterocycles. The van der Waals surface area contributed by atoms with Crippen LogP contribution in [0.1, 0.15) is 6.92 Å². The topological polar surface area (TPSA) is 204 Å². The zero-order valence-electron chi connectivity index (χ0n) is 18.8. The molecule has 0 atom stereocenters. The molecule has 0 bridgehead atoms. The van der Waals surface area contributed by atoms with Crippen LogP contribution in [-0.4, -0.2) is 51.8 Å². The first-order valence-corrected chi connectivity index (χ1v) is 14.2. The van der Waals surface area contributed by atoms with Crippen LogP contribution in [0.4, 0.5) is 23.0 Å². The SMILES string of the molecule is CCSc1nc(O)nc(Nc2ccc(/N=N/c3cc(S(=O)(=O)O)c4cccc(S(=O)(=O)O)c4c3)cc2)n1. The van der Waals surface area contributed by atoms with Crippen molar-refractivity contribution in [3.63, 3.8) is 0 Å². The first-order valence-electron chi connectivity index (χ1n) is 10.3. The standard InChI is InChI=1S/C21H18N6O7S3/c1-2-35-21-24-19(23-20(28)25-21)22-12-6-8-13(9-7-12)26-27-14-10-16-15(18(11-14)37(32,33)34)4-3-5-17(16)36(29,30)31/h3-11H,2H2,1H3,(H,29,30,31)(H,32,33,34)(H2,22,23,24,25,28)/b27-26+. The number of anilines is 2. The molecule has 0 radical (unpaired) electrons. The number of benzene rings is 3. The van der Waals surface area contributed by atoms with Gasteiger partial charge in [-0.25, -0.2) is 0 Å². The van der Waals surface area contributed by atoms with Crippen LogP contribution < -0.4 is 5.32 Å². The maximum Gasteiger partial charge on any atom is 0.319 e. The summed E-state index contributed by atoms with van der Waals surface area (Å²) in [4.78, 5) is 10.7. The Morgan fingerprint density at radius 3 is 2.16 bits per heavy atom. The summed E-state index contributed by atoms with van der Waals surface area (Å²) in [6, 6.07) is 11.9. The van der Waals surface area contributed by atoms with Crippen molar-refractivity contribution in [3.8, 4) is 6.01 Å². The normalized spacial score (nSPS) is 12.3. The summed E-state index contributed by atoms with van der Waals surface area (Å²) >= 11 is 1.34. The largest absolute Gasteiger partial charge is 0.479 e. The lowest BCUT2D eigenvalue weighted by molar-refractivity contribution is 0.422. The Bertz CT molecular complexity index is 1730. The van der Waals surface area contributed by atoms with Crippen LogP contribution in [0, 0.1) is 0 Å². The molecule has 0 saturated carbocycles. The number of aromatic hydroxyl groups is 1. The van der Waals surface area contributed by atoms with Gasteiger partial charge in [-0.1, -0.05) is 30.8 Å². The Labute approximate surface area is 215 Å². The Morgan fingerprint density at radius 1 is 0.838 bits per heavy atom. The number of hydrogen-bond acceptors (Lipinski definition) is 12. The van der Waals surface area contributed by atoms with Crippen molar-refractivity contribution >= 4 is 65.8 Å². The van der Waals surface area contributed by atoms with Gasteiger partial charge in [0, 0.05) is 16.5 Å². The minimum absolute atomic E-state index is 0.0833. The molecule has 4 rings (SSSR count). The maximum absolute atomic E-state index is 11.9. The van der Waals surface area contributed by atoms with E-state index in [1.54, 1.807) is 24.3 Å². The fourth-order valence-corrected chi connectivity index (χ4v) is 5.24. The minimum Gasteiger partial charge on any atom is -0.479 e. The van der Waals surface area contributed by atoms with Crippen molar-refractivity contribution in [2.24, 2.45) is 10.2 Å². The third-order valence-corrected chi connectivity index (χ3v) is 7.27. The molecule has 1 aromatic heterocycles. The summed E-state index contributed by atoms with van der Waals surface area (Å²) in [7, 11) is -9.47. The minimum atomic E-state index is -4.76. The summed E-state index contributed by atoms with van der Waals surface area (Å²) in [5, 5.41) is 20.7. The van der Waals surface area contributed by atoms with Crippen LogP contribution in [-0.2, 0) is 20.2 Å². The van der Waals surface area contributed by atoms with Gasteiger partial charge in [0.25, 0.3) is 20.2 Å². The van der Waals surface area contributed by atoms with Gasteiger partial charge in [-0.15, -0.1) is 0 Å². The molecule has 0 amide bonds. The molecular formula is C21H18N6O7S3. The van der Waals surface area contributed by atoms with Crippen molar-refractivity contribution in [1.82, 2.24) is 15.0 Å². The number of azo groups is 1. The molecule has 37 heavy (non-hydrogen) atoms. The average Bonchev–Trinajstić information content (AvgIpc) is 2.81. The quantitative estimate of drug-likeness (QED) is 0.133. The number of fused-ring (bicyclic) bond motifs is 1. The molecule has 0 saturated heterocycles. The Kier molecular flexibility index (Phi) is 7.37. The van der Waals surface area contributed by atoms with Crippen LogP contribution in [0.5, 0.6) is 6.01 Å². The zero-order valence-corrected chi connectivity index (χ0v) is 21.3. The molecule has 0 aliphatic heterocycles. The fourth-order valence-electron chi connectivity index (χ4n) is 3.26. The van der Waals surface area contributed by atoms with Gasteiger partial charge in [0.1, 0.15) is 9.79 Å². The van der Waals surface area contributed by atoms with Gasteiger partial charge >= 0.3 is 6.01 Å². The van der Waals surface area contributed by atoms with Crippen LogP contribution in [0.15, 0.2) is 79.8 Å². The van der Waals surface area contributed by atoms with Crippen molar-refractivity contribution < 1.29 is 31.0 Å². The van der Waals surface area contributed by atoms with Crippen LogP contribution in [0.3, 0.4) is 0 Å². The van der Waals surface area contributed by atoms with Gasteiger partial charge in [-0.3, -0.25) is 9.11 Å². The van der Waals surface area contributed by atoms with Crippen molar-refractivity contribution in [2.45, 2.75) is 21.9 Å². The molecular weight excluding hydrogens is 544 g/mol. The number of nitrogens with zero attached hydrogens (tertiary/aromatic N) is 5. The number of nitrogens with one attached hydrogen (secondary N) is 1. The van der Waals surface area contributed by atoms with E-state index in [1.165, 1.54) is 30.0 Å². The highest BCUT2D eigenvalue weighted by molar-refractivity contribution is 7.99. The van der Waals surface area contributed by atoms with Crippen LogP contribution in [0.25, 0.3) is 10.8 Å². The Morgan fingerprint density at radius 2 is 1.51 bits per heavy atom. The third kappa shape index (κ3) is 6.36. The van der Waals surface area contributed by atoms with E-state index in [-0.39, 0.29) is 22.4 Å². The van der Waals surface area contributed by atoms with E-state index in [0.717, 1.165) is 12.1 Å². The van der Waals surface area contributed by atoms with E-state index in [9.17, 15) is 31.0 Å². The van der Waals surface area contributed by atoms with Crippen molar-refractivity contribution in [2.75, 3.05) is 11.1 Å². The van der Waals surface area contributed by atoms with E-state index in [2.05, 4.69) is 30.5 Å². The molecule has 0 aliphatic rings. The molecule has 0 fully saturated rings. The van der Waals surface area contributed by atoms with E-state index < -0.39 is 36.0 Å². The molecule has 0 aliphatic carbocycles. The molecule has 3 aromatic carbocycles. The van der Waals surface area contributed by atoms with Gasteiger partial charge in [-0.2, -0.15) is 42.0 Å². The van der Waals surface area contributed by atoms with Gasteiger partial charge in [0.05, 0.1) is 11.4 Å². The second-order valence-electron chi connectivity index (χ2n) is 7.29. The average molecular weight is 563 g/mol. The molecule has 0 spiro atoms. The van der Waals surface area contributed by atoms with Crippen molar-refractivity contribution in [3.05, 3.63) is 54.6 Å². The second-order valence-corrected chi connectivity index (χ2v) is 11.3. The van der Waals surface area contributed by atoms with Gasteiger partial charge in [0.15, 0.2) is 5.16 Å². The lowest BCUT2D eigenvalue weighted by Gasteiger charge is -2.08. The summed E-state index contributed by atoms with van der Waals surface area (Å²) < 4.78 is 66.6. The van der Waals surface area contributed by atoms with Crippen molar-refractivity contribution in [1.29, 1.82) is 0 Å². The fraction of sp³-hybridized carbons (Fsp3) is 0.0952. The highest BCUT2D eigenvalue weighted by atomic mass is 32.2. The smallest absolute Gasteiger partial charge is 0.319 e. The Hall–Kier alpha value is -3.70. The van der Waals surface area contributed by atoms with Crippen LogP contribution >= 0.6 is 11.8 Å². The predicted octanol–water partition coefficient (Wildman–Crippen LogP) is 4.49. The number of aromatic nitrogens is 3. The predicted molar refractivity (Wildman–Crippen MR) is 135 cm³/mol. The lowest BCUT2D eigenvalue weighted by atomic mass is 10.1. The highest BCUT2D eigenvalue weighted by Gasteiger charge is 2.21. The molecule has 13 nitrogen and oxygen atoms in total. The van der Waals surface area contributed by atoms with Gasteiger partial charge in [-0.05, 0) is 48.2 Å². The summed E-state index contributed by atoms with van der Waals surface area (Å²) in [6.07, 6.45) is 0. The first kappa shape index (κ1) is 26.4. The third-order valence-electron chi connectivity index (χ3n) is 4.74.